The van der Waals surface area contributed by atoms with Gasteiger partial charge in [0.25, 0.3) is 0 Å². The number of aliphatic hydroxyl groups excluding tert-OH is 2. The van der Waals surface area contributed by atoms with Crippen LogP contribution in [0, 0.1) is 0 Å². The summed E-state index contributed by atoms with van der Waals surface area (Å²) in [5.41, 5.74) is 0. The highest BCUT2D eigenvalue weighted by molar-refractivity contribution is 4.73. The topological polar surface area (TPSA) is 52.5 Å². The van der Waals surface area contributed by atoms with Gasteiger partial charge in [0.05, 0.1) is 6.10 Å². The molecule has 0 aromatic rings. The van der Waals surface area contributed by atoms with Crippen LogP contribution in [0.4, 0.5) is 13.2 Å². The Morgan fingerprint density at radius 2 is 1.69 bits per heavy atom. The Morgan fingerprint density at radius 1 is 1.23 bits per heavy atom. The third kappa shape index (κ3) is 5.07. The van der Waals surface area contributed by atoms with Gasteiger partial charge in [0, 0.05) is 12.6 Å². The van der Waals surface area contributed by atoms with Crippen molar-refractivity contribution in [3.63, 3.8) is 0 Å². The van der Waals surface area contributed by atoms with E-state index >= 15 is 0 Å². The van der Waals surface area contributed by atoms with Gasteiger partial charge in [-0.05, 0) is 13.8 Å². The summed E-state index contributed by atoms with van der Waals surface area (Å²) in [5, 5.41) is 19.8. The normalized spacial score (nSPS) is 19.6. The van der Waals surface area contributed by atoms with E-state index in [4.69, 9.17) is 10.2 Å². The molecule has 0 bridgehead atoms. The van der Waals surface area contributed by atoms with Crippen LogP contribution in [0.2, 0.25) is 0 Å². The number of halogens is 3. The molecule has 0 heterocycles. The van der Waals surface area contributed by atoms with Gasteiger partial charge in [-0.25, -0.2) is 0 Å². The quantitative estimate of drug-likeness (QED) is 0.612. The zero-order chi connectivity index (χ0) is 10.6. The van der Waals surface area contributed by atoms with Crippen LogP contribution in [0.3, 0.4) is 0 Å². The lowest BCUT2D eigenvalue weighted by Gasteiger charge is -2.20. The van der Waals surface area contributed by atoms with Gasteiger partial charge >= 0.3 is 6.18 Å². The summed E-state index contributed by atoms with van der Waals surface area (Å²) >= 11 is 0. The minimum absolute atomic E-state index is 0.475. The molecule has 3 unspecified atom stereocenters. The zero-order valence-corrected chi connectivity index (χ0v) is 7.47. The third-order valence-electron chi connectivity index (χ3n) is 1.73. The van der Waals surface area contributed by atoms with Crippen LogP contribution in [0.5, 0.6) is 0 Å². The van der Waals surface area contributed by atoms with Crippen molar-refractivity contribution in [2.45, 2.75) is 38.3 Å². The van der Waals surface area contributed by atoms with E-state index in [9.17, 15) is 13.2 Å². The van der Waals surface area contributed by atoms with Crippen molar-refractivity contribution in [1.29, 1.82) is 0 Å². The molecule has 0 aliphatic heterocycles. The van der Waals surface area contributed by atoms with Crippen molar-refractivity contribution in [2.24, 2.45) is 0 Å². The van der Waals surface area contributed by atoms with Crippen LogP contribution in [0.25, 0.3) is 0 Å². The van der Waals surface area contributed by atoms with Crippen molar-refractivity contribution in [3.8, 4) is 0 Å². The van der Waals surface area contributed by atoms with E-state index in [0.29, 0.717) is 0 Å². The van der Waals surface area contributed by atoms with Crippen molar-refractivity contribution < 1.29 is 23.4 Å². The summed E-state index contributed by atoms with van der Waals surface area (Å²) in [4.78, 5) is 0. The highest BCUT2D eigenvalue weighted by atomic mass is 19.4. The zero-order valence-electron chi connectivity index (χ0n) is 7.47. The van der Waals surface area contributed by atoms with Crippen molar-refractivity contribution in [2.75, 3.05) is 6.54 Å². The first kappa shape index (κ1) is 12.7. The monoisotopic (exact) mass is 201 g/mol. The molecule has 0 spiro atoms. The average Bonchev–Trinajstić information content (AvgIpc) is 1.97. The van der Waals surface area contributed by atoms with E-state index in [-0.39, 0.29) is 0 Å². The molecule has 0 rings (SSSR count). The van der Waals surface area contributed by atoms with Gasteiger partial charge < -0.3 is 15.5 Å². The molecule has 0 radical (unpaired) electrons. The van der Waals surface area contributed by atoms with Crippen LogP contribution >= 0.6 is 0 Å². The molecule has 0 saturated carbocycles. The molecule has 0 aromatic carbocycles. The smallest absolute Gasteiger partial charge is 0.392 e. The van der Waals surface area contributed by atoms with Gasteiger partial charge in [0.15, 0.2) is 6.10 Å². The number of alkyl halides is 3. The van der Waals surface area contributed by atoms with Gasteiger partial charge in [-0.2, -0.15) is 13.2 Å². The van der Waals surface area contributed by atoms with Crippen LogP contribution < -0.4 is 5.32 Å². The summed E-state index contributed by atoms with van der Waals surface area (Å²) in [5.74, 6) is 0. The second-order valence-electron chi connectivity index (χ2n) is 2.99. The molecule has 3 N–H and O–H groups in total. The Kier molecular flexibility index (Phi) is 4.66. The second-order valence-corrected chi connectivity index (χ2v) is 2.99. The van der Waals surface area contributed by atoms with Crippen molar-refractivity contribution in [1.82, 2.24) is 5.32 Å². The van der Waals surface area contributed by atoms with Crippen molar-refractivity contribution >= 4 is 0 Å². The fourth-order valence-corrected chi connectivity index (χ4v) is 0.584. The molecule has 3 atom stereocenters. The summed E-state index contributed by atoms with van der Waals surface area (Å²) in [6, 6.07) is -0.475. The lowest BCUT2D eigenvalue weighted by molar-refractivity contribution is -0.202. The Balaban J connectivity index is 3.77. The van der Waals surface area contributed by atoms with E-state index in [1.165, 1.54) is 13.8 Å². The summed E-state index contributed by atoms with van der Waals surface area (Å²) < 4.78 is 35.2. The van der Waals surface area contributed by atoms with E-state index in [1.807, 2.05) is 0 Å². The van der Waals surface area contributed by atoms with Gasteiger partial charge in [0.1, 0.15) is 0 Å². The van der Waals surface area contributed by atoms with E-state index in [2.05, 4.69) is 5.32 Å². The van der Waals surface area contributed by atoms with Gasteiger partial charge in [-0.1, -0.05) is 0 Å². The number of nitrogens with one attached hydrogen (secondary N) is 1. The fraction of sp³-hybridized carbons (Fsp3) is 1.00. The van der Waals surface area contributed by atoms with Gasteiger partial charge in [-0.15, -0.1) is 0 Å². The van der Waals surface area contributed by atoms with Crippen LogP contribution in [-0.4, -0.2) is 41.2 Å². The predicted molar refractivity (Wildman–Crippen MR) is 41.2 cm³/mol. The third-order valence-corrected chi connectivity index (χ3v) is 1.73. The molecular formula is C7H14F3NO2. The van der Waals surface area contributed by atoms with Crippen LogP contribution in [-0.2, 0) is 0 Å². The lowest BCUT2D eigenvalue weighted by Crippen LogP contribution is -2.44. The van der Waals surface area contributed by atoms with E-state index < -0.39 is 31.0 Å². The Labute approximate surface area is 74.6 Å². The number of hydrogen-bond donors (Lipinski definition) is 3. The summed E-state index contributed by atoms with van der Waals surface area (Å²) in [6.07, 6.45) is -7.74. The Hall–Kier alpha value is -0.330. The molecule has 0 aliphatic rings. The number of aliphatic hydroxyl groups is 2. The summed E-state index contributed by atoms with van der Waals surface area (Å²) in [7, 11) is 0. The van der Waals surface area contributed by atoms with E-state index in [0.717, 1.165) is 0 Å². The number of hydrogen-bond acceptors (Lipinski definition) is 3. The fourth-order valence-electron chi connectivity index (χ4n) is 0.584. The highest BCUT2D eigenvalue weighted by Crippen LogP contribution is 2.19. The minimum Gasteiger partial charge on any atom is -0.392 e. The first-order valence-corrected chi connectivity index (χ1v) is 3.91. The summed E-state index contributed by atoms with van der Waals surface area (Å²) in [6.45, 7) is 2.39. The molecule has 0 fully saturated rings. The lowest BCUT2D eigenvalue weighted by atomic mass is 10.2. The van der Waals surface area contributed by atoms with Crippen LogP contribution in [0.1, 0.15) is 13.8 Å². The molecular weight excluding hydrogens is 187 g/mol. The van der Waals surface area contributed by atoms with Gasteiger partial charge in [0.2, 0.25) is 0 Å². The first-order chi connectivity index (χ1) is 5.75. The van der Waals surface area contributed by atoms with Crippen molar-refractivity contribution in [3.05, 3.63) is 0 Å². The average molecular weight is 201 g/mol. The Bertz CT molecular complexity index is 149. The first-order valence-electron chi connectivity index (χ1n) is 3.91. The second kappa shape index (κ2) is 4.78. The molecule has 6 heteroatoms. The highest BCUT2D eigenvalue weighted by Gasteiger charge is 2.37. The standard InChI is InChI=1S/C7H14F3NO2/c1-4(5(2)12)11-3-6(13)7(8,9)10/h4-6,11-13H,3H2,1-2H3. The maximum Gasteiger partial charge on any atom is 0.415 e. The maximum absolute atomic E-state index is 11.7. The minimum atomic E-state index is -4.61. The largest absolute Gasteiger partial charge is 0.415 e. The number of rotatable bonds is 4. The van der Waals surface area contributed by atoms with E-state index in [1.54, 1.807) is 0 Å². The Morgan fingerprint density at radius 3 is 2.00 bits per heavy atom. The molecule has 0 aliphatic carbocycles. The maximum atomic E-state index is 11.7. The molecule has 0 aromatic heterocycles. The van der Waals surface area contributed by atoms with Crippen LogP contribution in [0.15, 0.2) is 0 Å². The molecule has 13 heavy (non-hydrogen) atoms. The molecule has 80 valence electrons. The predicted octanol–water partition coefficient (Wildman–Crippen LogP) is 0.269. The van der Waals surface area contributed by atoms with Gasteiger partial charge in [-0.3, -0.25) is 0 Å². The molecule has 0 amide bonds. The SMILES string of the molecule is CC(O)C(C)NCC(O)C(F)(F)F. The molecule has 0 saturated heterocycles. The molecule has 3 nitrogen and oxygen atoms in total.